The highest BCUT2D eigenvalue weighted by Gasteiger charge is 2.22. The van der Waals surface area contributed by atoms with Gasteiger partial charge in [-0.1, -0.05) is 24.1 Å². The monoisotopic (exact) mass is 329 g/mol. The lowest BCUT2D eigenvalue weighted by Crippen LogP contribution is -2.32. The van der Waals surface area contributed by atoms with Crippen molar-refractivity contribution >= 4 is 33.7 Å². The van der Waals surface area contributed by atoms with E-state index in [1.807, 2.05) is 0 Å². The highest BCUT2D eigenvalue weighted by molar-refractivity contribution is 7.89. The molecule has 1 fully saturated rings. The summed E-state index contributed by atoms with van der Waals surface area (Å²) in [7, 11) is -3.63. The van der Waals surface area contributed by atoms with Gasteiger partial charge in [-0.2, -0.15) is 0 Å². The summed E-state index contributed by atoms with van der Waals surface area (Å²) in [5.74, 6) is -0.665. The van der Waals surface area contributed by atoms with Gasteiger partial charge in [-0.15, -0.1) is 0 Å². The van der Waals surface area contributed by atoms with Crippen molar-refractivity contribution in [3.05, 3.63) is 34.9 Å². The Morgan fingerprint density at radius 3 is 2.67 bits per heavy atom. The van der Waals surface area contributed by atoms with E-state index >= 15 is 0 Å². The van der Waals surface area contributed by atoms with Gasteiger partial charge in [-0.05, 0) is 42.5 Å². The fourth-order valence-corrected chi connectivity index (χ4v) is 3.68. The quantitative estimate of drug-likeness (QED) is 0.785. The maximum Gasteiger partial charge on any atom is 0.328 e. The Morgan fingerprint density at radius 1 is 1.43 bits per heavy atom. The number of carboxylic acid groups (broad SMARTS) is 1. The third-order valence-corrected chi connectivity index (χ3v) is 5.36. The summed E-state index contributed by atoms with van der Waals surface area (Å²) in [6.07, 6.45) is 5.57. The summed E-state index contributed by atoms with van der Waals surface area (Å²) in [6.45, 7) is 0.430. The molecule has 0 aliphatic heterocycles. The van der Waals surface area contributed by atoms with Crippen molar-refractivity contribution in [1.29, 1.82) is 0 Å². The third-order valence-electron chi connectivity index (χ3n) is 3.45. The molecular weight excluding hydrogens is 314 g/mol. The summed E-state index contributed by atoms with van der Waals surface area (Å²) < 4.78 is 26.9. The van der Waals surface area contributed by atoms with Gasteiger partial charge in [0.15, 0.2) is 0 Å². The number of sulfonamides is 1. The Kier molecular flexibility index (Phi) is 5.03. The Morgan fingerprint density at radius 2 is 2.14 bits per heavy atom. The topological polar surface area (TPSA) is 83.5 Å². The minimum Gasteiger partial charge on any atom is -0.478 e. The molecule has 2 N–H and O–H groups in total. The van der Waals surface area contributed by atoms with Gasteiger partial charge < -0.3 is 5.11 Å². The first-order valence-corrected chi connectivity index (χ1v) is 8.45. The van der Waals surface area contributed by atoms with Crippen LogP contribution >= 0.6 is 11.6 Å². The van der Waals surface area contributed by atoms with Gasteiger partial charge in [0.05, 0.1) is 5.02 Å². The number of nitrogens with one attached hydrogen (secondary N) is 1. The van der Waals surface area contributed by atoms with E-state index in [-0.39, 0.29) is 9.92 Å². The first-order chi connectivity index (χ1) is 9.88. The van der Waals surface area contributed by atoms with E-state index in [4.69, 9.17) is 16.7 Å². The van der Waals surface area contributed by atoms with E-state index in [1.165, 1.54) is 24.3 Å². The molecule has 7 heteroatoms. The maximum absolute atomic E-state index is 12.2. The van der Waals surface area contributed by atoms with Crippen molar-refractivity contribution in [3.63, 3.8) is 0 Å². The fourth-order valence-electron chi connectivity index (χ4n) is 2.01. The van der Waals surface area contributed by atoms with Gasteiger partial charge in [0, 0.05) is 12.6 Å². The molecule has 2 rings (SSSR count). The summed E-state index contributed by atoms with van der Waals surface area (Å²) in [5.41, 5.74) is 0.528. The van der Waals surface area contributed by atoms with Crippen LogP contribution in [-0.2, 0) is 14.8 Å². The Labute approximate surface area is 128 Å². The number of aliphatic carboxylic acids is 1. The zero-order chi connectivity index (χ0) is 15.5. The second-order valence-corrected chi connectivity index (χ2v) is 7.15. The highest BCUT2D eigenvalue weighted by Crippen LogP contribution is 2.27. The van der Waals surface area contributed by atoms with E-state index in [0.29, 0.717) is 18.0 Å². The third kappa shape index (κ3) is 4.30. The van der Waals surface area contributed by atoms with Crippen LogP contribution < -0.4 is 4.72 Å². The molecule has 1 aromatic rings. The number of hydrogen-bond donors (Lipinski definition) is 2. The standard InChI is InChI=1S/C14H16ClNO4S/c15-12-8-10(5-7-14(17)18)4-6-13(12)21(19,20)16-9-11-2-1-3-11/h4-8,11,16H,1-3,9H2,(H,17,18). The van der Waals surface area contributed by atoms with Gasteiger partial charge in [0.25, 0.3) is 0 Å². The molecule has 0 saturated heterocycles. The van der Waals surface area contributed by atoms with Crippen LogP contribution in [0, 0.1) is 5.92 Å². The number of carbonyl (C=O) groups is 1. The molecule has 114 valence electrons. The zero-order valence-corrected chi connectivity index (χ0v) is 12.8. The molecule has 21 heavy (non-hydrogen) atoms. The normalized spacial score (nSPS) is 16.0. The summed E-state index contributed by atoms with van der Waals surface area (Å²) in [5, 5.41) is 8.63. The van der Waals surface area contributed by atoms with Crippen LogP contribution in [0.2, 0.25) is 5.02 Å². The second-order valence-electron chi connectivity index (χ2n) is 5.01. The lowest BCUT2D eigenvalue weighted by molar-refractivity contribution is -0.131. The number of carboxylic acids is 1. The molecule has 1 aliphatic rings. The molecule has 1 aromatic carbocycles. The predicted octanol–water partition coefficient (Wildman–Crippen LogP) is 2.52. The second kappa shape index (κ2) is 6.60. The molecule has 0 aromatic heterocycles. The Balaban J connectivity index is 2.13. The lowest BCUT2D eigenvalue weighted by Gasteiger charge is -2.25. The number of halogens is 1. The smallest absolute Gasteiger partial charge is 0.328 e. The molecule has 0 amide bonds. The molecular formula is C14H16ClNO4S. The number of benzene rings is 1. The van der Waals surface area contributed by atoms with Crippen LogP contribution in [0.1, 0.15) is 24.8 Å². The van der Waals surface area contributed by atoms with Gasteiger partial charge in [0.1, 0.15) is 4.90 Å². The number of rotatable bonds is 6. The molecule has 0 heterocycles. The Bertz CT molecular complexity index is 666. The fraction of sp³-hybridized carbons (Fsp3) is 0.357. The summed E-state index contributed by atoms with van der Waals surface area (Å²) >= 11 is 5.99. The average Bonchev–Trinajstić information content (AvgIpc) is 2.34. The summed E-state index contributed by atoms with van der Waals surface area (Å²) in [6, 6.07) is 4.33. The van der Waals surface area contributed by atoms with Crippen molar-refractivity contribution < 1.29 is 18.3 Å². The van der Waals surface area contributed by atoms with Crippen LogP contribution in [0.25, 0.3) is 6.08 Å². The number of hydrogen-bond acceptors (Lipinski definition) is 3. The minimum absolute atomic E-state index is 0.0102. The van der Waals surface area contributed by atoms with E-state index < -0.39 is 16.0 Å². The highest BCUT2D eigenvalue weighted by atomic mass is 35.5. The SMILES string of the molecule is O=C(O)C=Cc1ccc(S(=O)(=O)NCC2CCC2)c(Cl)c1. The van der Waals surface area contributed by atoms with Crippen LogP contribution in [0.5, 0.6) is 0 Å². The van der Waals surface area contributed by atoms with Crippen molar-refractivity contribution in [2.75, 3.05) is 6.54 Å². The van der Waals surface area contributed by atoms with E-state index in [1.54, 1.807) is 0 Å². The van der Waals surface area contributed by atoms with Crippen LogP contribution in [-0.4, -0.2) is 26.0 Å². The zero-order valence-electron chi connectivity index (χ0n) is 11.3. The maximum atomic E-state index is 12.2. The van der Waals surface area contributed by atoms with Gasteiger partial charge in [-0.25, -0.2) is 17.9 Å². The molecule has 0 spiro atoms. The lowest BCUT2D eigenvalue weighted by atomic mass is 9.86. The molecule has 1 saturated carbocycles. The van der Waals surface area contributed by atoms with E-state index in [2.05, 4.69) is 4.72 Å². The molecule has 1 aliphatic carbocycles. The van der Waals surface area contributed by atoms with E-state index in [0.717, 1.165) is 25.3 Å². The molecule has 0 atom stereocenters. The van der Waals surface area contributed by atoms with Crippen molar-refractivity contribution in [3.8, 4) is 0 Å². The van der Waals surface area contributed by atoms with Crippen molar-refractivity contribution in [1.82, 2.24) is 4.72 Å². The van der Waals surface area contributed by atoms with Crippen LogP contribution in [0.3, 0.4) is 0 Å². The Hall–Kier alpha value is -1.37. The molecule has 5 nitrogen and oxygen atoms in total. The van der Waals surface area contributed by atoms with E-state index in [9.17, 15) is 13.2 Å². The largest absolute Gasteiger partial charge is 0.478 e. The van der Waals surface area contributed by atoms with Crippen LogP contribution in [0.15, 0.2) is 29.2 Å². The van der Waals surface area contributed by atoms with Crippen molar-refractivity contribution in [2.45, 2.75) is 24.2 Å². The first kappa shape index (κ1) is 16.0. The molecule has 0 unspecified atom stereocenters. The predicted molar refractivity (Wildman–Crippen MR) is 80.7 cm³/mol. The molecule has 0 radical (unpaired) electrons. The van der Waals surface area contributed by atoms with Gasteiger partial charge >= 0.3 is 5.97 Å². The molecule has 0 bridgehead atoms. The minimum atomic E-state index is -3.63. The van der Waals surface area contributed by atoms with Crippen LogP contribution in [0.4, 0.5) is 0 Å². The average molecular weight is 330 g/mol. The summed E-state index contributed by atoms with van der Waals surface area (Å²) in [4.78, 5) is 10.5. The first-order valence-electron chi connectivity index (χ1n) is 6.59. The van der Waals surface area contributed by atoms with Gasteiger partial charge in [0.2, 0.25) is 10.0 Å². The van der Waals surface area contributed by atoms with Crippen molar-refractivity contribution in [2.24, 2.45) is 5.92 Å². The van der Waals surface area contributed by atoms with Gasteiger partial charge in [-0.3, -0.25) is 0 Å².